The predicted molar refractivity (Wildman–Crippen MR) is 110 cm³/mol. The molecule has 0 radical (unpaired) electrons. The van der Waals surface area contributed by atoms with Gasteiger partial charge in [-0.3, -0.25) is 14.7 Å². The van der Waals surface area contributed by atoms with Crippen LogP contribution >= 0.6 is 11.6 Å². The van der Waals surface area contributed by atoms with E-state index < -0.39 is 0 Å². The van der Waals surface area contributed by atoms with Crippen molar-refractivity contribution in [1.82, 2.24) is 25.8 Å². The van der Waals surface area contributed by atoms with Crippen molar-refractivity contribution in [2.24, 2.45) is 0 Å². The summed E-state index contributed by atoms with van der Waals surface area (Å²) in [6, 6.07) is 7.05. The van der Waals surface area contributed by atoms with Gasteiger partial charge in [-0.1, -0.05) is 11.6 Å². The number of nitrogens with zero attached hydrogens (tertiary/aromatic N) is 2. The fourth-order valence-corrected chi connectivity index (χ4v) is 4.63. The molecule has 3 aliphatic rings. The Morgan fingerprint density at radius 3 is 2.70 bits per heavy atom. The Kier molecular flexibility index (Phi) is 4.21. The zero-order valence-corrected chi connectivity index (χ0v) is 17.0. The van der Waals surface area contributed by atoms with E-state index in [1.165, 1.54) is 6.20 Å². The number of pyridine rings is 1. The average molecular weight is 426 g/mol. The van der Waals surface area contributed by atoms with Crippen molar-refractivity contribution in [3.05, 3.63) is 52.8 Å². The summed E-state index contributed by atoms with van der Waals surface area (Å²) in [6.45, 7) is 1.83. The lowest BCUT2D eigenvalue weighted by atomic mass is 9.44. The Bertz CT molecular complexity index is 1150. The van der Waals surface area contributed by atoms with Crippen molar-refractivity contribution in [1.29, 1.82) is 0 Å². The standard InChI is InChI=1S/C21H20ClN5O3/c1-12-4-15(2-3-16(12)22)30-8-17(28)25-20-9-21(10-20,11-20)26-19(29)14-5-13-7-24-27-18(13)23-6-14/h2-7H,8-11H2,1H3,(H,25,28)(H,26,29)(H,23,24,27). The lowest BCUT2D eigenvalue weighted by molar-refractivity contribution is -0.141. The van der Waals surface area contributed by atoms with Gasteiger partial charge in [0.2, 0.25) is 0 Å². The highest BCUT2D eigenvalue weighted by Gasteiger charge is 2.69. The van der Waals surface area contributed by atoms with Crippen LogP contribution in [0, 0.1) is 6.92 Å². The number of rotatable bonds is 6. The first-order chi connectivity index (χ1) is 14.4. The van der Waals surface area contributed by atoms with E-state index >= 15 is 0 Å². The van der Waals surface area contributed by atoms with E-state index in [-0.39, 0.29) is 29.5 Å². The summed E-state index contributed by atoms with van der Waals surface area (Å²) in [5.41, 5.74) is 1.56. The maximum absolute atomic E-state index is 12.6. The van der Waals surface area contributed by atoms with Crippen molar-refractivity contribution in [3.8, 4) is 5.75 Å². The number of H-pyrrole nitrogens is 1. The van der Waals surface area contributed by atoms with Crippen LogP contribution in [-0.2, 0) is 4.79 Å². The quantitative estimate of drug-likeness (QED) is 0.562. The van der Waals surface area contributed by atoms with E-state index in [2.05, 4.69) is 25.8 Å². The second-order valence-electron chi connectivity index (χ2n) is 8.32. The number of hydrogen-bond donors (Lipinski definition) is 3. The SMILES string of the molecule is Cc1cc(OCC(=O)NC23CC(NC(=O)c4cnc5[nH]ncc5c4)(C2)C3)ccc1Cl. The second kappa shape index (κ2) is 6.70. The third-order valence-corrected chi connectivity index (χ3v) is 6.29. The van der Waals surface area contributed by atoms with Gasteiger partial charge in [0.15, 0.2) is 12.3 Å². The molecule has 3 saturated carbocycles. The van der Waals surface area contributed by atoms with Crippen LogP contribution in [0.1, 0.15) is 35.2 Å². The Balaban J connectivity index is 1.11. The van der Waals surface area contributed by atoms with Crippen LogP contribution in [-0.4, -0.2) is 44.7 Å². The Hall–Kier alpha value is -3.13. The van der Waals surface area contributed by atoms with Crippen LogP contribution in [0.5, 0.6) is 5.75 Å². The van der Waals surface area contributed by atoms with E-state index in [0.29, 0.717) is 22.0 Å². The van der Waals surface area contributed by atoms with Gasteiger partial charge in [-0.05, 0) is 56.0 Å². The number of halogens is 1. The molecular weight excluding hydrogens is 406 g/mol. The molecule has 0 aliphatic heterocycles. The fraction of sp³-hybridized carbons (Fsp3) is 0.333. The normalized spacial score (nSPS) is 23.9. The number of benzene rings is 1. The summed E-state index contributed by atoms with van der Waals surface area (Å²) in [4.78, 5) is 29.1. The molecular formula is C21H20ClN5O3. The highest BCUT2D eigenvalue weighted by atomic mass is 35.5. The topological polar surface area (TPSA) is 109 Å². The number of carbonyl (C=O) groups is 2. The average Bonchev–Trinajstić information content (AvgIpc) is 3.14. The Labute approximate surface area is 177 Å². The maximum Gasteiger partial charge on any atom is 0.258 e. The zero-order chi connectivity index (χ0) is 20.9. The van der Waals surface area contributed by atoms with Crippen molar-refractivity contribution in [2.75, 3.05) is 6.61 Å². The number of hydrogen-bond acceptors (Lipinski definition) is 5. The predicted octanol–water partition coefficient (Wildman–Crippen LogP) is 2.52. The van der Waals surface area contributed by atoms with Gasteiger partial charge in [-0.15, -0.1) is 0 Å². The van der Waals surface area contributed by atoms with E-state index in [9.17, 15) is 9.59 Å². The molecule has 3 fully saturated rings. The number of fused-ring (bicyclic) bond motifs is 1. The molecule has 2 heterocycles. The summed E-state index contributed by atoms with van der Waals surface area (Å²) >= 11 is 6.00. The molecule has 0 atom stereocenters. The van der Waals surface area contributed by atoms with Crippen LogP contribution in [0.3, 0.4) is 0 Å². The van der Waals surface area contributed by atoms with Gasteiger partial charge in [0.05, 0.1) is 11.8 Å². The highest BCUT2D eigenvalue weighted by molar-refractivity contribution is 6.31. The van der Waals surface area contributed by atoms with Crippen LogP contribution in [0.15, 0.2) is 36.7 Å². The third-order valence-electron chi connectivity index (χ3n) is 5.87. The first kappa shape index (κ1) is 18.9. The van der Waals surface area contributed by atoms with E-state index in [4.69, 9.17) is 16.3 Å². The van der Waals surface area contributed by atoms with Gasteiger partial charge in [-0.25, -0.2) is 4.98 Å². The summed E-state index contributed by atoms with van der Waals surface area (Å²) in [5.74, 6) is 0.278. The van der Waals surface area contributed by atoms with Crippen LogP contribution in [0.25, 0.3) is 11.0 Å². The van der Waals surface area contributed by atoms with Gasteiger partial charge in [0, 0.05) is 27.7 Å². The molecule has 9 heteroatoms. The van der Waals surface area contributed by atoms with Gasteiger partial charge in [-0.2, -0.15) is 5.10 Å². The number of aromatic nitrogens is 3. The number of aromatic amines is 1. The molecule has 30 heavy (non-hydrogen) atoms. The van der Waals surface area contributed by atoms with Gasteiger partial charge in [0.25, 0.3) is 11.8 Å². The van der Waals surface area contributed by atoms with E-state index in [0.717, 1.165) is 30.2 Å². The molecule has 2 bridgehead atoms. The zero-order valence-electron chi connectivity index (χ0n) is 16.3. The number of aryl methyl sites for hydroxylation is 1. The molecule has 3 aromatic rings. The van der Waals surface area contributed by atoms with Crippen molar-refractivity contribution < 1.29 is 14.3 Å². The molecule has 2 amide bonds. The second-order valence-corrected chi connectivity index (χ2v) is 8.73. The first-order valence-electron chi connectivity index (χ1n) is 9.67. The molecule has 0 spiro atoms. The third kappa shape index (κ3) is 3.27. The largest absolute Gasteiger partial charge is 0.484 e. The van der Waals surface area contributed by atoms with E-state index in [1.54, 1.807) is 30.5 Å². The molecule has 3 N–H and O–H groups in total. The molecule has 0 saturated heterocycles. The minimum Gasteiger partial charge on any atom is -0.484 e. The molecule has 6 rings (SSSR count). The molecule has 1 aromatic carbocycles. The smallest absolute Gasteiger partial charge is 0.258 e. The van der Waals surface area contributed by atoms with Crippen molar-refractivity contribution in [3.63, 3.8) is 0 Å². The molecule has 2 aromatic heterocycles. The summed E-state index contributed by atoms with van der Waals surface area (Å²) in [6.07, 6.45) is 5.34. The molecule has 8 nitrogen and oxygen atoms in total. The molecule has 3 aliphatic carbocycles. The fourth-order valence-electron chi connectivity index (χ4n) is 4.51. The highest BCUT2D eigenvalue weighted by Crippen LogP contribution is 2.60. The lowest BCUT2D eigenvalue weighted by Crippen LogP contribution is -2.84. The Morgan fingerprint density at radius 2 is 1.93 bits per heavy atom. The first-order valence-corrected chi connectivity index (χ1v) is 10.0. The number of amides is 2. The van der Waals surface area contributed by atoms with Crippen LogP contribution < -0.4 is 15.4 Å². The summed E-state index contributed by atoms with van der Waals surface area (Å²) in [7, 11) is 0. The lowest BCUT2D eigenvalue weighted by Gasteiger charge is -2.70. The van der Waals surface area contributed by atoms with E-state index in [1.807, 2.05) is 6.92 Å². The molecule has 0 unspecified atom stereocenters. The van der Waals surface area contributed by atoms with Gasteiger partial charge in [0.1, 0.15) is 5.75 Å². The van der Waals surface area contributed by atoms with Crippen LogP contribution in [0.2, 0.25) is 5.02 Å². The summed E-state index contributed by atoms with van der Waals surface area (Å²) < 4.78 is 5.56. The summed E-state index contributed by atoms with van der Waals surface area (Å²) in [5, 5.41) is 14.3. The van der Waals surface area contributed by atoms with Gasteiger partial charge >= 0.3 is 0 Å². The Morgan fingerprint density at radius 1 is 1.17 bits per heavy atom. The minimum atomic E-state index is -0.246. The minimum absolute atomic E-state index is 0.0570. The number of nitrogens with one attached hydrogen (secondary N) is 3. The van der Waals surface area contributed by atoms with Gasteiger partial charge < -0.3 is 15.4 Å². The maximum atomic E-state index is 12.6. The molecule has 154 valence electrons. The number of ether oxygens (including phenoxy) is 1. The number of carbonyl (C=O) groups excluding carboxylic acids is 2. The van der Waals surface area contributed by atoms with Crippen molar-refractivity contribution in [2.45, 2.75) is 37.3 Å². The monoisotopic (exact) mass is 425 g/mol. The van der Waals surface area contributed by atoms with Crippen LogP contribution in [0.4, 0.5) is 0 Å². The van der Waals surface area contributed by atoms with Crippen molar-refractivity contribution >= 4 is 34.4 Å².